The first-order valence-corrected chi connectivity index (χ1v) is 12.2. The molecule has 0 N–H and O–H groups in total. The number of benzene rings is 3. The van der Waals surface area contributed by atoms with E-state index in [4.69, 9.17) is 4.74 Å². The minimum Gasteiger partial charge on any atom is -0.497 e. The molecule has 192 valence electrons. The van der Waals surface area contributed by atoms with E-state index in [1.165, 1.54) is 41.8 Å². The lowest BCUT2D eigenvalue weighted by Crippen LogP contribution is -2.03. The summed E-state index contributed by atoms with van der Waals surface area (Å²) in [6.07, 6.45) is 5.17. The summed E-state index contributed by atoms with van der Waals surface area (Å²) in [4.78, 5) is 4.53. The van der Waals surface area contributed by atoms with Gasteiger partial charge in [0.25, 0.3) is 0 Å². The van der Waals surface area contributed by atoms with Crippen molar-refractivity contribution in [3.05, 3.63) is 114 Å². The molecule has 0 atom stereocenters. The number of aromatic nitrogens is 3. The Balaban J connectivity index is 0.000000233. The lowest BCUT2D eigenvalue weighted by molar-refractivity contribution is 0.414. The van der Waals surface area contributed by atoms with Crippen LogP contribution in [0.3, 0.4) is 0 Å². The Bertz CT molecular complexity index is 1330. The van der Waals surface area contributed by atoms with Crippen LogP contribution in [0.2, 0.25) is 0 Å². The summed E-state index contributed by atoms with van der Waals surface area (Å²) in [5.41, 5.74) is 5.14. The van der Waals surface area contributed by atoms with Crippen LogP contribution >= 0.6 is 0 Å². The first-order chi connectivity index (χ1) is 17.8. The summed E-state index contributed by atoms with van der Waals surface area (Å²) in [5.74, 6) is 1.42. The number of halogens is 2. The normalized spacial score (nSPS) is 10.4. The molecular weight excluding hydrogens is 468 g/mol. The second-order valence-electron chi connectivity index (χ2n) is 8.76. The SMILES string of the molecule is C=C(C)Cn1nc(-c2ccc(F)cc2)nc1-c1ccc(F)cc1.C=CCc1cc(OC)ccc1CCC. The third kappa shape index (κ3) is 7.71. The lowest BCUT2D eigenvalue weighted by atomic mass is 10.0. The van der Waals surface area contributed by atoms with E-state index in [0.29, 0.717) is 18.2 Å². The predicted molar refractivity (Wildman–Crippen MR) is 147 cm³/mol. The standard InChI is InChI=1S/C18H15F2N3.C13H18O/c1-12(2)11-23-18(14-5-9-16(20)10-6-14)21-17(22-23)13-3-7-15(19)8-4-13;1-4-6-11-8-9-13(14-3)10-12(11)7-5-2/h3-10H,1,11H2,2H3;5,8-10H,2,4,6-7H2,1,3H3. The van der Waals surface area contributed by atoms with Crippen molar-refractivity contribution < 1.29 is 13.5 Å². The molecule has 0 aliphatic rings. The molecule has 0 bridgehead atoms. The zero-order valence-electron chi connectivity index (χ0n) is 21.7. The van der Waals surface area contributed by atoms with Gasteiger partial charge in [-0.15, -0.1) is 6.58 Å². The molecule has 0 aliphatic carbocycles. The van der Waals surface area contributed by atoms with Crippen LogP contribution < -0.4 is 4.74 Å². The van der Waals surface area contributed by atoms with Crippen LogP contribution in [0, 0.1) is 11.6 Å². The molecule has 0 spiro atoms. The first-order valence-electron chi connectivity index (χ1n) is 12.2. The Hall–Kier alpha value is -4.06. The summed E-state index contributed by atoms with van der Waals surface area (Å²) in [6.45, 7) is 12.3. The molecule has 4 rings (SSSR count). The minimum absolute atomic E-state index is 0.307. The number of rotatable bonds is 9. The van der Waals surface area contributed by atoms with Gasteiger partial charge < -0.3 is 4.74 Å². The van der Waals surface area contributed by atoms with Gasteiger partial charge in [-0.1, -0.05) is 37.6 Å². The third-order valence-corrected chi connectivity index (χ3v) is 5.59. The summed E-state index contributed by atoms with van der Waals surface area (Å²) in [7, 11) is 1.70. The fraction of sp³-hybridized carbons (Fsp3) is 0.226. The molecule has 4 aromatic rings. The Morgan fingerprint density at radius 2 is 1.57 bits per heavy atom. The van der Waals surface area contributed by atoms with E-state index in [9.17, 15) is 8.78 Å². The van der Waals surface area contributed by atoms with E-state index in [2.05, 4.69) is 42.3 Å². The minimum atomic E-state index is -0.311. The van der Waals surface area contributed by atoms with Gasteiger partial charge >= 0.3 is 0 Å². The molecule has 0 radical (unpaired) electrons. The van der Waals surface area contributed by atoms with E-state index < -0.39 is 0 Å². The van der Waals surface area contributed by atoms with Gasteiger partial charge in [-0.05, 0) is 91.6 Å². The number of aryl methyl sites for hydroxylation is 1. The highest BCUT2D eigenvalue weighted by molar-refractivity contribution is 5.61. The third-order valence-electron chi connectivity index (χ3n) is 5.59. The molecule has 4 nitrogen and oxygen atoms in total. The average Bonchev–Trinajstić information content (AvgIpc) is 3.29. The quantitative estimate of drug-likeness (QED) is 0.219. The fourth-order valence-corrected chi connectivity index (χ4v) is 3.83. The smallest absolute Gasteiger partial charge is 0.181 e. The highest BCUT2D eigenvalue weighted by atomic mass is 19.1. The van der Waals surface area contributed by atoms with Crippen molar-refractivity contribution in [3.63, 3.8) is 0 Å². The maximum atomic E-state index is 13.1. The molecule has 3 aromatic carbocycles. The number of nitrogens with zero attached hydrogens (tertiary/aromatic N) is 3. The van der Waals surface area contributed by atoms with Gasteiger partial charge in [-0.3, -0.25) is 0 Å². The highest BCUT2D eigenvalue weighted by Crippen LogP contribution is 2.24. The Morgan fingerprint density at radius 3 is 2.11 bits per heavy atom. The zero-order chi connectivity index (χ0) is 26.8. The monoisotopic (exact) mass is 501 g/mol. The summed E-state index contributed by atoms with van der Waals surface area (Å²) in [5, 5.41) is 4.48. The van der Waals surface area contributed by atoms with Crippen LogP contribution in [0.4, 0.5) is 8.78 Å². The van der Waals surface area contributed by atoms with E-state index in [1.807, 2.05) is 19.1 Å². The molecular formula is C31H33F2N3O. The zero-order valence-corrected chi connectivity index (χ0v) is 21.7. The van der Waals surface area contributed by atoms with Crippen molar-refractivity contribution in [2.24, 2.45) is 0 Å². The maximum absolute atomic E-state index is 13.1. The van der Waals surface area contributed by atoms with Gasteiger partial charge in [0, 0.05) is 11.1 Å². The molecule has 0 aliphatic heterocycles. The number of methoxy groups -OCH3 is 1. The average molecular weight is 502 g/mol. The Labute approximate surface area is 218 Å². The second-order valence-corrected chi connectivity index (χ2v) is 8.76. The molecule has 0 saturated carbocycles. The Morgan fingerprint density at radius 1 is 0.946 bits per heavy atom. The maximum Gasteiger partial charge on any atom is 0.181 e. The molecule has 0 unspecified atom stereocenters. The molecule has 1 heterocycles. The van der Waals surface area contributed by atoms with Gasteiger partial charge in [-0.2, -0.15) is 5.10 Å². The van der Waals surface area contributed by atoms with E-state index in [0.717, 1.165) is 35.3 Å². The van der Waals surface area contributed by atoms with Crippen molar-refractivity contribution in [2.45, 2.75) is 39.7 Å². The lowest BCUT2D eigenvalue weighted by Gasteiger charge is -2.08. The molecule has 6 heteroatoms. The van der Waals surface area contributed by atoms with Crippen LogP contribution in [-0.2, 0) is 19.4 Å². The number of hydrogen-bond acceptors (Lipinski definition) is 3. The van der Waals surface area contributed by atoms with Gasteiger partial charge in [0.15, 0.2) is 11.6 Å². The van der Waals surface area contributed by atoms with Crippen LogP contribution in [0.1, 0.15) is 31.4 Å². The summed E-state index contributed by atoms with van der Waals surface area (Å²) >= 11 is 0. The van der Waals surface area contributed by atoms with Crippen molar-refractivity contribution in [2.75, 3.05) is 7.11 Å². The predicted octanol–water partition coefficient (Wildman–Crippen LogP) is 7.84. The number of ether oxygens (including phenoxy) is 1. The highest BCUT2D eigenvalue weighted by Gasteiger charge is 2.14. The van der Waals surface area contributed by atoms with E-state index in [1.54, 1.807) is 36.1 Å². The van der Waals surface area contributed by atoms with Gasteiger partial charge in [-0.25, -0.2) is 18.4 Å². The Kier molecular flexibility index (Phi) is 9.90. The summed E-state index contributed by atoms with van der Waals surface area (Å²) in [6, 6.07) is 18.4. The van der Waals surface area contributed by atoms with Gasteiger partial charge in [0.05, 0.1) is 13.7 Å². The van der Waals surface area contributed by atoms with Crippen molar-refractivity contribution in [3.8, 4) is 28.5 Å². The van der Waals surface area contributed by atoms with Gasteiger partial charge in [0.1, 0.15) is 17.4 Å². The van der Waals surface area contributed by atoms with Crippen LogP contribution in [0.25, 0.3) is 22.8 Å². The van der Waals surface area contributed by atoms with Crippen molar-refractivity contribution in [1.29, 1.82) is 0 Å². The van der Waals surface area contributed by atoms with E-state index in [-0.39, 0.29) is 11.6 Å². The van der Waals surface area contributed by atoms with Crippen molar-refractivity contribution >= 4 is 0 Å². The largest absolute Gasteiger partial charge is 0.497 e. The van der Waals surface area contributed by atoms with Gasteiger partial charge in [0.2, 0.25) is 0 Å². The molecule has 0 saturated heterocycles. The molecule has 37 heavy (non-hydrogen) atoms. The van der Waals surface area contributed by atoms with Crippen LogP contribution in [0.15, 0.2) is 91.5 Å². The number of allylic oxidation sites excluding steroid dienone is 2. The summed E-state index contributed by atoms with van der Waals surface area (Å²) < 4.78 is 33.1. The topological polar surface area (TPSA) is 39.9 Å². The van der Waals surface area contributed by atoms with Crippen molar-refractivity contribution in [1.82, 2.24) is 14.8 Å². The number of hydrogen-bond donors (Lipinski definition) is 0. The van der Waals surface area contributed by atoms with Crippen LogP contribution in [0.5, 0.6) is 5.75 Å². The van der Waals surface area contributed by atoms with Crippen LogP contribution in [-0.4, -0.2) is 21.9 Å². The fourth-order valence-electron chi connectivity index (χ4n) is 3.83. The molecule has 0 amide bonds. The second kappa shape index (κ2) is 13.3. The molecule has 0 fully saturated rings. The van der Waals surface area contributed by atoms with E-state index >= 15 is 0 Å². The molecule has 1 aromatic heterocycles. The first kappa shape index (κ1) is 27.5.